The van der Waals surface area contributed by atoms with Crippen molar-refractivity contribution in [2.75, 3.05) is 32.1 Å². The molecule has 1 amide bonds. The quantitative estimate of drug-likeness (QED) is 0.885. The van der Waals surface area contributed by atoms with Crippen LogP contribution >= 0.6 is 24.8 Å². The lowest BCUT2D eigenvalue weighted by atomic mass is 9.78. The van der Waals surface area contributed by atoms with Crippen molar-refractivity contribution < 1.29 is 9.53 Å². The highest BCUT2D eigenvalue weighted by Gasteiger charge is 2.39. The molecule has 5 nitrogen and oxygen atoms in total. The van der Waals surface area contributed by atoms with Crippen molar-refractivity contribution in [2.24, 2.45) is 5.41 Å². The molecule has 2 N–H and O–H groups in total. The molecule has 1 fully saturated rings. The summed E-state index contributed by atoms with van der Waals surface area (Å²) in [7, 11) is 1.64. The Labute approximate surface area is 138 Å². The van der Waals surface area contributed by atoms with Crippen LogP contribution in [0.15, 0.2) is 18.5 Å². The maximum absolute atomic E-state index is 12.5. The van der Waals surface area contributed by atoms with Crippen LogP contribution < -0.4 is 10.6 Å². The van der Waals surface area contributed by atoms with E-state index in [-0.39, 0.29) is 30.7 Å². The van der Waals surface area contributed by atoms with Crippen LogP contribution in [0.4, 0.5) is 5.69 Å². The van der Waals surface area contributed by atoms with Crippen LogP contribution in [0.25, 0.3) is 0 Å². The van der Waals surface area contributed by atoms with Gasteiger partial charge in [-0.15, -0.1) is 24.8 Å². The summed E-state index contributed by atoms with van der Waals surface area (Å²) in [5.41, 5.74) is 1.35. The molecule has 2 rings (SSSR count). The standard InChI is InChI=1S/C14H21N3O2.2ClH/c1-11-7-12(9-16-8-11)17-13(18)14(10-19-2)3-5-15-6-4-14;;/h7-9,15H,3-6,10H2,1-2H3,(H,17,18);2*1H. The summed E-state index contributed by atoms with van der Waals surface area (Å²) in [6.45, 7) is 4.11. The lowest BCUT2D eigenvalue weighted by Gasteiger charge is -2.35. The third-order valence-electron chi connectivity index (χ3n) is 3.60. The monoisotopic (exact) mass is 335 g/mol. The van der Waals surface area contributed by atoms with Gasteiger partial charge in [-0.1, -0.05) is 0 Å². The number of halogens is 2. The van der Waals surface area contributed by atoms with Crippen LogP contribution in [-0.4, -0.2) is 37.7 Å². The first-order valence-corrected chi connectivity index (χ1v) is 6.59. The molecule has 0 spiro atoms. The van der Waals surface area contributed by atoms with Crippen molar-refractivity contribution in [2.45, 2.75) is 19.8 Å². The van der Waals surface area contributed by atoms with Gasteiger partial charge in [-0.25, -0.2) is 0 Å². The van der Waals surface area contributed by atoms with Crippen molar-refractivity contribution >= 4 is 36.4 Å². The van der Waals surface area contributed by atoms with Gasteiger partial charge in [0.15, 0.2) is 0 Å². The summed E-state index contributed by atoms with van der Waals surface area (Å²) < 4.78 is 5.26. The highest BCUT2D eigenvalue weighted by Crippen LogP contribution is 2.30. The number of piperidine rings is 1. The zero-order chi connectivity index (χ0) is 13.7. The Kier molecular flexibility index (Phi) is 8.82. The van der Waals surface area contributed by atoms with E-state index in [0.717, 1.165) is 37.2 Å². The number of pyridine rings is 1. The van der Waals surface area contributed by atoms with Gasteiger partial charge >= 0.3 is 0 Å². The third kappa shape index (κ3) is 5.11. The van der Waals surface area contributed by atoms with E-state index in [1.165, 1.54) is 0 Å². The average molecular weight is 336 g/mol. The van der Waals surface area contributed by atoms with Crippen LogP contribution in [-0.2, 0) is 9.53 Å². The van der Waals surface area contributed by atoms with E-state index in [4.69, 9.17) is 4.74 Å². The smallest absolute Gasteiger partial charge is 0.233 e. The second kappa shape index (κ2) is 9.20. The molecule has 7 heteroatoms. The molecular weight excluding hydrogens is 313 g/mol. The minimum atomic E-state index is -0.427. The summed E-state index contributed by atoms with van der Waals surface area (Å²) in [5.74, 6) is 0.0308. The second-order valence-electron chi connectivity index (χ2n) is 5.17. The number of anilines is 1. The van der Waals surface area contributed by atoms with Gasteiger partial charge in [-0.2, -0.15) is 0 Å². The van der Waals surface area contributed by atoms with Gasteiger partial charge in [0.25, 0.3) is 0 Å². The van der Waals surface area contributed by atoms with Crippen molar-refractivity contribution in [3.8, 4) is 0 Å². The predicted octanol–water partition coefficient (Wildman–Crippen LogP) is 2.19. The van der Waals surface area contributed by atoms with Crippen molar-refractivity contribution in [3.63, 3.8) is 0 Å². The second-order valence-corrected chi connectivity index (χ2v) is 5.17. The van der Waals surface area contributed by atoms with E-state index in [9.17, 15) is 4.79 Å². The Bertz CT molecular complexity index is 446. The molecule has 2 heterocycles. The molecular formula is C14H23Cl2N3O2. The third-order valence-corrected chi connectivity index (χ3v) is 3.60. The molecule has 1 aliphatic heterocycles. The number of hydrogen-bond acceptors (Lipinski definition) is 4. The van der Waals surface area contributed by atoms with E-state index in [1.807, 2.05) is 13.0 Å². The molecule has 1 aromatic rings. The molecule has 0 bridgehead atoms. The minimum Gasteiger partial charge on any atom is -0.384 e. The highest BCUT2D eigenvalue weighted by atomic mass is 35.5. The van der Waals surface area contributed by atoms with Gasteiger partial charge in [0.05, 0.1) is 23.9 Å². The highest BCUT2D eigenvalue weighted by molar-refractivity contribution is 5.95. The SMILES string of the molecule is COCC1(C(=O)Nc2cncc(C)c2)CCNCC1.Cl.Cl. The first-order chi connectivity index (χ1) is 9.16. The fraction of sp³-hybridized carbons (Fsp3) is 0.571. The molecule has 0 atom stereocenters. The number of hydrogen-bond donors (Lipinski definition) is 2. The summed E-state index contributed by atoms with van der Waals surface area (Å²) >= 11 is 0. The number of nitrogens with one attached hydrogen (secondary N) is 2. The Morgan fingerprint density at radius 3 is 2.62 bits per heavy atom. The molecule has 1 aromatic heterocycles. The Balaban J connectivity index is 0.00000200. The average Bonchev–Trinajstić information content (AvgIpc) is 2.40. The fourth-order valence-electron chi connectivity index (χ4n) is 2.51. The van der Waals surface area contributed by atoms with E-state index in [2.05, 4.69) is 15.6 Å². The van der Waals surface area contributed by atoms with Gasteiger partial charge in [-0.05, 0) is 44.5 Å². The normalized spacial score (nSPS) is 16.3. The summed E-state index contributed by atoms with van der Waals surface area (Å²) in [5, 5.41) is 6.25. The molecule has 21 heavy (non-hydrogen) atoms. The van der Waals surface area contributed by atoms with Gasteiger partial charge in [0.2, 0.25) is 5.91 Å². The molecule has 1 saturated heterocycles. The minimum absolute atomic E-state index is 0. The molecule has 0 aliphatic carbocycles. The van der Waals surface area contributed by atoms with Crippen molar-refractivity contribution in [3.05, 3.63) is 24.0 Å². The largest absolute Gasteiger partial charge is 0.384 e. The van der Waals surface area contributed by atoms with E-state index in [0.29, 0.717) is 6.61 Å². The van der Waals surface area contributed by atoms with Gasteiger partial charge in [0.1, 0.15) is 0 Å². The van der Waals surface area contributed by atoms with Crippen molar-refractivity contribution in [1.82, 2.24) is 10.3 Å². The van der Waals surface area contributed by atoms with Crippen LogP contribution in [0.2, 0.25) is 0 Å². The fourth-order valence-corrected chi connectivity index (χ4v) is 2.51. The first-order valence-electron chi connectivity index (χ1n) is 6.59. The van der Waals surface area contributed by atoms with Crippen LogP contribution in [0.3, 0.4) is 0 Å². The number of carbonyl (C=O) groups is 1. The molecule has 0 unspecified atom stereocenters. The van der Waals surface area contributed by atoms with Gasteiger partial charge in [0, 0.05) is 13.3 Å². The zero-order valence-corrected chi connectivity index (χ0v) is 14.0. The number of aryl methyl sites for hydroxylation is 1. The Morgan fingerprint density at radius 1 is 1.38 bits per heavy atom. The lowest BCUT2D eigenvalue weighted by molar-refractivity contribution is -0.130. The Morgan fingerprint density at radius 2 is 2.05 bits per heavy atom. The molecule has 0 saturated carbocycles. The lowest BCUT2D eigenvalue weighted by Crippen LogP contribution is -2.47. The molecule has 120 valence electrons. The predicted molar refractivity (Wildman–Crippen MR) is 88.5 cm³/mol. The zero-order valence-electron chi connectivity index (χ0n) is 12.3. The van der Waals surface area contributed by atoms with E-state index in [1.54, 1.807) is 19.5 Å². The number of nitrogens with zero attached hydrogens (tertiary/aromatic N) is 1. The molecule has 0 radical (unpaired) electrons. The van der Waals surface area contributed by atoms with Crippen LogP contribution in [0.1, 0.15) is 18.4 Å². The summed E-state index contributed by atoms with van der Waals surface area (Å²) in [6.07, 6.45) is 5.04. The van der Waals surface area contributed by atoms with E-state index >= 15 is 0 Å². The van der Waals surface area contributed by atoms with Crippen molar-refractivity contribution in [1.29, 1.82) is 0 Å². The Hall–Kier alpha value is -0.880. The maximum Gasteiger partial charge on any atom is 0.233 e. The number of ether oxygens (including phenoxy) is 1. The number of methoxy groups -OCH3 is 1. The number of carbonyl (C=O) groups excluding carboxylic acids is 1. The molecule has 1 aliphatic rings. The van der Waals surface area contributed by atoms with Gasteiger partial charge in [-0.3, -0.25) is 9.78 Å². The van der Waals surface area contributed by atoms with Crippen LogP contribution in [0.5, 0.6) is 0 Å². The number of rotatable bonds is 4. The number of amides is 1. The van der Waals surface area contributed by atoms with E-state index < -0.39 is 5.41 Å². The number of aromatic nitrogens is 1. The van der Waals surface area contributed by atoms with Crippen LogP contribution in [0, 0.1) is 12.3 Å². The first kappa shape index (κ1) is 20.1. The summed E-state index contributed by atoms with van der Waals surface area (Å²) in [6, 6.07) is 1.92. The maximum atomic E-state index is 12.5. The topological polar surface area (TPSA) is 63.2 Å². The molecule has 0 aromatic carbocycles. The van der Waals surface area contributed by atoms with Gasteiger partial charge < -0.3 is 15.4 Å². The summed E-state index contributed by atoms with van der Waals surface area (Å²) in [4.78, 5) is 16.6.